The lowest BCUT2D eigenvalue weighted by atomic mass is 9.65. The van der Waals surface area contributed by atoms with E-state index in [9.17, 15) is 4.79 Å². The van der Waals surface area contributed by atoms with Gasteiger partial charge in [0, 0.05) is 0 Å². The molecule has 1 aliphatic heterocycles. The zero-order valence-corrected chi connectivity index (χ0v) is 7.96. The predicted octanol–water partition coefficient (Wildman–Crippen LogP) is 1.78. The Labute approximate surface area is 73.3 Å². The van der Waals surface area contributed by atoms with Gasteiger partial charge in [-0.05, 0) is 25.2 Å². The highest BCUT2D eigenvalue weighted by atomic mass is 16.6. The van der Waals surface area contributed by atoms with E-state index >= 15 is 0 Å². The van der Waals surface area contributed by atoms with Gasteiger partial charge < -0.3 is 9.53 Å². The van der Waals surface area contributed by atoms with Crippen LogP contribution in [-0.4, -0.2) is 18.0 Å². The lowest BCUT2D eigenvalue weighted by Crippen LogP contribution is -2.41. The van der Waals surface area contributed by atoms with Crippen LogP contribution in [0.2, 0.25) is 0 Å². The van der Waals surface area contributed by atoms with Crippen molar-refractivity contribution in [3.05, 3.63) is 0 Å². The number of aldehydes is 1. The van der Waals surface area contributed by atoms with E-state index in [1.807, 2.05) is 0 Å². The third-order valence-corrected chi connectivity index (χ3v) is 3.62. The van der Waals surface area contributed by atoms with E-state index in [0.29, 0.717) is 6.10 Å². The Balaban J connectivity index is 2.27. The fraction of sp³-hybridized carbons (Fsp3) is 0.900. The second-order valence-corrected chi connectivity index (χ2v) is 4.93. The summed E-state index contributed by atoms with van der Waals surface area (Å²) in [6.07, 6.45) is 3.67. The molecule has 3 unspecified atom stereocenters. The first kappa shape index (κ1) is 8.24. The summed E-state index contributed by atoms with van der Waals surface area (Å²) >= 11 is 0. The minimum Gasteiger partial charge on any atom is -0.366 e. The number of ether oxygens (including phenoxy) is 1. The highest BCUT2D eigenvalue weighted by Gasteiger charge is 2.64. The van der Waals surface area contributed by atoms with Crippen molar-refractivity contribution < 1.29 is 9.53 Å². The molecule has 2 nitrogen and oxygen atoms in total. The van der Waals surface area contributed by atoms with Crippen molar-refractivity contribution in [3.63, 3.8) is 0 Å². The lowest BCUT2D eigenvalue weighted by Gasteiger charge is -2.36. The normalized spacial score (nSPS) is 49.6. The third-order valence-electron chi connectivity index (χ3n) is 3.62. The van der Waals surface area contributed by atoms with Crippen molar-refractivity contribution >= 4 is 6.29 Å². The molecule has 0 aromatic heterocycles. The number of carbonyl (C=O) groups is 1. The van der Waals surface area contributed by atoms with Crippen LogP contribution in [0.5, 0.6) is 0 Å². The fourth-order valence-corrected chi connectivity index (χ4v) is 2.65. The molecule has 68 valence electrons. The molecule has 1 saturated heterocycles. The van der Waals surface area contributed by atoms with Gasteiger partial charge in [0.05, 0.1) is 12.0 Å². The number of fused-ring (bicyclic) bond motifs is 1. The largest absolute Gasteiger partial charge is 0.366 e. The van der Waals surface area contributed by atoms with Crippen LogP contribution in [0.25, 0.3) is 0 Å². The summed E-state index contributed by atoms with van der Waals surface area (Å²) in [6.45, 7) is 6.39. The van der Waals surface area contributed by atoms with Crippen molar-refractivity contribution in [2.45, 2.75) is 45.3 Å². The van der Waals surface area contributed by atoms with Gasteiger partial charge in [0.25, 0.3) is 0 Å². The van der Waals surface area contributed by atoms with Crippen LogP contribution in [0.1, 0.15) is 33.6 Å². The molecule has 0 N–H and O–H groups in total. The molecule has 2 fully saturated rings. The second-order valence-electron chi connectivity index (χ2n) is 4.93. The van der Waals surface area contributed by atoms with Gasteiger partial charge in [-0.15, -0.1) is 0 Å². The van der Waals surface area contributed by atoms with Gasteiger partial charge in [0.2, 0.25) is 0 Å². The number of epoxide rings is 1. The fourth-order valence-electron chi connectivity index (χ4n) is 2.65. The summed E-state index contributed by atoms with van der Waals surface area (Å²) in [5, 5.41) is 0. The quantitative estimate of drug-likeness (QED) is 0.441. The number of hydrogen-bond donors (Lipinski definition) is 0. The molecule has 0 bridgehead atoms. The molecule has 0 spiro atoms. The van der Waals surface area contributed by atoms with Crippen molar-refractivity contribution in [1.29, 1.82) is 0 Å². The number of carbonyl (C=O) groups excluding carboxylic acids is 1. The third kappa shape index (κ3) is 0.875. The summed E-state index contributed by atoms with van der Waals surface area (Å²) in [4.78, 5) is 10.9. The lowest BCUT2D eigenvalue weighted by molar-refractivity contribution is -0.117. The van der Waals surface area contributed by atoms with E-state index < -0.39 is 0 Å². The Bertz CT molecular complexity index is 217. The zero-order chi connectivity index (χ0) is 8.98. The van der Waals surface area contributed by atoms with Crippen LogP contribution in [0.3, 0.4) is 0 Å². The molecule has 0 aromatic carbocycles. The predicted molar refractivity (Wildman–Crippen MR) is 45.8 cm³/mol. The molecule has 0 aromatic rings. The van der Waals surface area contributed by atoms with Gasteiger partial charge in [-0.3, -0.25) is 0 Å². The average molecular weight is 168 g/mol. The molecule has 2 heteroatoms. The minimum absolute atomic E-state index is 0.0868. The molecule has 1 saturated carbocycles. The van der Waals surface area contributed by atoms with E-state index in [2.05, 4.69) is 20.8 Å². The molecular weight excluding hydrogens is 152 g/mol. The summed E-state index contributed by atoms with van der Waals surface area (Å²) in [5.41, 5.74) is 0.00694. The molecule has 2 rings (SSSR count). The number of rotatable bonds is 1. The first-order valence-corrected chi connectivity index (χ1v) is 4.64. The van der Waals surface area contributed by atoms with E-state index in [4.69, 9.17) is 4.74 Å². The van der Waals surface area contributed by atoms with Crippen molar-refractivity contribution in [3.8, 4) is 0 Å². The van der Waals surface area contributed by atoms with E-state index in [0.717, 1.165) is 19.1 Å². The Morgan fingerprint density at radius 3 is 2.58 bits per heavy atom. The summed E-state index contributed by atoms with van der Waals surface area (Å²) in [6, 6.07) is 0. The van der Waals surface area contributed by atoms with Gasteiger partial charge >= 0.3 is 0 Å². The summed E-state index contributed by atoms with van der Waals surface area (Å²) in [5.74, 6) is 0.0868. The smallest absolute Gasteiger partial charge is 0.126 e. The number of hydrogen-bond acceptors (Lipinski definition) is 2. The molecule has 0 amide bonds. The molecule has 2 aliphatic rings. The monoisotopic (exact) mass is 168 g/mol. The standard InChI is InChI=1S/C10H16O2/c1-9(2)5-4-8-10(3,12-8)7(9)6-11/h6-8H,4-5H2,1-3H3. The van der Waals surface area contributed by atoms with Gasteiger partial charge in [-0.25, -0.2) is 0 Å². The minimum atomic E-state index is -0.122. The van der Waals surface area contributed by atoms with Crippen LogP contribution >= 0.6 is 0 Å². The SMILES string of the molecule is CC1(C)CCC2OC2(C)C1C=O. The molecular formula is C10H16O2. The second kappa shape index (κ2) is 2.11. The average Bonchev–Trinajstić information content (AvgIpc) is 2.59. The Morgan fingerprint density at radius 1 is 1.42 bits per heavy atom. The first-order chi connectivity index (χ1) is 5.50. The van der Waals surface area contributed by atoms with Crippen molar-refractivity contribution in [2.24, 2.45) is 11.3 Å². The Kier molecular flexibility index (Phi) is 1.45. The van der Waals surface area contributed by atoms with Crippen LogP contribution in [0, 0.1) is 11.3 Å². The van der Waals surface area contributed by atoms with Gasteiger partial charge in [0.1, 0.15) is 11.9 Å². The highest BCUT2D eigenvalue weighted by molar-refractivity contribution is 5.59. The maximum atomic E-state index is 10.9. The van der Waals surface area contributed by atoms with E-state index in [-0.39, 0.29) is 16.9 Å². The Hall–Kier alpha value is -0.370. The van der Waals surface area contributed by atoms with Crippen LogP contribution in [0.15, 0.2) is 0 Å². The topological polar surface area (TPSA) is 29.6 Å². The van der Waals surface area contributed by atoms with Crippen LogP contribution < -0.4 is 0 Å². The molecule has 12 heavy (non-hydrogen) atoms. The van der Waals surface area contributed by atoms with Gasteiger partial charge in [-0.1, -0.05) is 13.8 Å². The molecule has 3 atom stereocenters. The van der Waals surface area contributed by atoms with E-state index in [1.165, 1.54) is 0 Å². The first-order valence-electron chi connectivity index (χ1n) is 4.64. The molecule has 1 heterocycles. The highest BCUT2D eigenvalue weighted by Crippen LogP contribution is 2.56. The maximum absolute atomic E-state index is 10.9. The van der Waals surface area contributed by atoms with Gasteiger partial charge in [-0.2, -0.15) is 0 Å². The van der Waals surface area contributed by atoms with Crippen LogP contribution in [-0.2, 0) is 9.53 Å². The van der Waals surface area contributed by atoms with Crippen molar-refractivity contribution in [2.75, 3.05) is 0 Å². The summed E-state index contributed by atoms with van der Waals surface area (Å²) < 4.78 is 5.57. The van der Waals surface area contributed by atoms with Crippen molar-refractivity contribution in [1.82, 2.24) is 0 Å². The molecule has 1 aliphatic carbocycles. The molecule has 0 radical (unpaired) electrons. The maximum Gasteiger partial charge on any atom is 0.126 e. The summed E-state index contributed by atoms with van der Waals surface area (Å²) in [7, 11) is 0. The zero-order valence-electron chi connectivity index (χ0n) is 7.96. The Morgan fingerprint density at radius 2 is 2.08 bits per heavy atom. The van der Waals surface area contributed by atoms with Crippen LogP contribution in [0.4, 0.5) is 0 Å². The van der Waals surface area contributed by atoms with Gasteiger partial charge in [0.15, 0.2) is 0 Å². The van der Waals surface area contributed by atoms with E-state index in [1.54, 1.807) is 0 Å².